The van der Waals surface area contributed by atoms with E-state index in [9.17, 15) is 23.1 Å². The Hall–Kier alpha value is -1.68. The summed E-state index contributed by atoms with van der Waals surface area (Å²) in [5.41, 5.74) is 5.02. The Kier molecular flexibility index (Phi) is 4.28. The lowest BCUT2D eigenvalue weighted by atomic mass is 9.80. The normalized spacial score (nSPS) is 31.7. The Balaban J connectivity index is 1.73. The molecule has 0 spiro atoms. The van der Waals surface area contributed by atoms with E-state index in [0.29, 0.717) is 18.5 Å². The molecule has 1 aliphatic carbocycles. The first-order valence-corrected chi connectivity index (χ1v) is 7.94. The number of halogens is 3. The third-order valence-electron chi connectivity index (χ3n) is 4.71. The number of hydrogen-bond donors (Lipinski definition) is 2. The van der Waals surface area contributed by atoms with Gasteiger partial charge in [-0.05, 0) is 32.1 Å². The highest BCUT2D eigenvalue weighted by Crippen LogP contribution is 2.36. The van der Waals surface area contributed by atoms with Gasteiger partial charge in [0, 0.05) is 12.6 Å². The van der Waals surface area contributed by atoms with Crippen molar-refractivity contribution in [3.05, 3.63) is 11.9 Å². The average Bonchev–Trinajstić information content (AvgIpc) is 3.06. The molecule has 0 radical (unpaired) electrons. The van der Waals surface area contributed by atoms with Crippen LogP contribution in [0, 0.1) is 0 Å². The van der Waals surface area contributed by atoms with Crippen LogP contribution in [-0.2, 0) is 10.4 Å². The number of aliphatic hydroxyl groups is 1. The van der Waals surface area contributed by atoms with E-state index in [-0.39, 0.29) is 19.0 Å². The van der Waals surface area contributed by atoms with Crippen molar-refractivity contribution in [2.75, 3.05) is 13.1 Å². The number of likely N-dealkylation sites (tertiary alicyclic amines) is 1. The first-order chi connectivity index (χ1) is 11.2. The zero-order valence-electron chi connectivity index (χ0n) is 13.0. The Bertz CT molecular complexity index is 620. The predicted octanol–water partition coefficient (Wildman–Crippen LogP) is 0.703. The van der Waals surface area contributed by atoms with E-state index in [1.165, 1.54) is 10.9 Å². The number of rotatable bonds is 3. The average molecular weight is 347 g/mol. The topological polar surface area (TPSA) is 97.3 Å². The fourth-order valence-electron chi connectivity index (χ4n) is 3.51. The first-order valence-electron chi connectivity index (χ1n) is 7.94. The van der Waals surface area contributed by atoms with Gasteiger partial charge in [-0.2, -0.15) is 13.2 Å². The quantitative estimate of drug-likeness (QED) is 0.839. The van der Waals surface area contributed by atoms with Crippen LogP contribution in [0.4, 0.5) is 13.2 Å². The van der Waals surface area contributed by atoms with Crippen molar-refractivity contribution in [2.24, 2.45) is 5.73 Å². The van der Waals surface area contributed by atoms with Gasteiger partial charge < -0.3 is 15.7 Å². The molecular weight excluding hydrogens is 327 g/mol. The SMILES string of the molecule is NC1CCCC(O)(c2cn(C3CCN(CC(F)(F)F)C3=O)nn2)C1. The van der Waals surface area contributed by atoms with Gasteiger partial charge in [0.05, 0.1) is 6.20 Å². The molecule has 0 bridgehead atoms. The highest BCUT2D eigenvalue weighted by molar-refractivity contribution is 5.82. The molecule has 1 aromatic rings. The minimum Gasteiger partial charge on any atom is -0.383 e. The minimum absolute atomic E-state index is 0.0212. The summed E-state index contributed by atoms with van der Waals surface area (Å²) in [5, 5.41) is 18.5. The van der Waals surface area contributed by atoms with Gasteiger partial charge in [0.1, 0.15) is 23.9 Å². The van der Waals surface area contributed by atoms with Crippen molar-refractivity contribution in [1.29, 1.82) is 0 Å². The number of carbonyl (C=O) groups excluding carboxylic acids is 1. The molecular formula is C14H20F3N5O2. The summed E-state index contributed by atoms with van der Waals surface area (Å²) < 4.78 is 38.7. The predicted molar refractivity (Wildman–Crippen MR) is 76.7 cm³/mol. The van der Waals surface area contributed by atoms with Crippen LogP contribution in [0.3, 0.4) is 0 Å². The molecule has 3 atom stereocenters. The Morgan fingerprint density at radius 3 is 2.83 bits per heavy atom. The number of aromatic nitrogens is 3. The van der Waals surface area contributed by atoms with E-state index in [1.807, 2.05) is 0 Å². The minimum atomic E-state index is -4.43. The fraction of sp³-hybridized carbons (Fsp3) is 0.786. The molecule has 1 amide bonds. The lowest BCUT2D eigenvalue weighted by Gasteiger charge is -2.33. The standard InChI is InChI=1S/C14H20F3N5O2/c15-14(16,17)8-21-5-3-10(12(21)23)22-7-11(19-20-22)13(24)4-1-2-9(18)6-13/h7,9-10,24H,1-6,8,18H2. The van der Waals surface area contributed by atoms with E-state index in [0.717, 1.165) is 17.7 Å². The summed E-state index contributed by atoms with van der Waals surface area (Å²) in [7, 11) is 0. The molecule has 3 unspecified atom stereocenters. The number of carbonyl (C=O) groups is 1. The number of nitrogens with zero attached hydrogens (tertiary/aromatic N) is 4. The third-order valence-corrected chi connectivity index (χ3v) is 4.71. The molecule has 1 saturated carbocycles. The highest BCUT2D eigenvalue weighted by Gasteiger charge is 2.42. The molecule has 1 aromatic heterocycles. The summed E-state index contributed by atoms with van der Waals surface area (Å²) >= 11 is 0. The summed E-state index contributed by atoms with van der Waals surface area (Å²) in [6, 6.07) is -0.946. The zero-order chi connectivity index (χ0) is 17.5. The van der Waals surface area contributed by atoms with Crippen molar-refractivity contribution in [3.63, 3.8) is 0 Å². The van der Waals surface area contributed by atoms with Gasteiger partial charge in [0.2, 0.25) is 5.91 Å². The van der Waals surface area contributed by atoms with Crippen LogP contribution in [0.2, 0.25) is 0 Å². The molecule has 2 heterocycles. The summed E-state index contributed by atoms with van der Waals surface area (Å²) in [6.07, 6.45) is -0.308. The van der Waals surface area contributed by atoms with Crippen molar-refractivity contribution in [2.45, 2.75) is 56.0 Å². The molecule has 3 rings (SSSR count). The smallest absolute Gasteiger partial charge is 0.383 e. The maximum absolute atomic E-state index is 12.5. The van der Waals surface area contributed by atoms with Crippen molar-refractivity contribution >= 4 is 5.91 Å². The Morgan fingerprint density at radius 2 is 2.17 bits per heavy atom. The van der Waals surface area contributed by atoms with Crippen LogP contribution in [0.15, 0.2) is 6.20 Å². The van der Waals surface area contributed by atoms with Gasteiger partial charge in [-0.15, -0.1) is 5.10 Å². The Labute approximate surface area is 136 Å². The van der Waals surface area contributed by atoms with E-state index in [4.69, 9.17) is 5.73 Å². The molecule has 2 fully saturated rings. The second-order valence-corrected chi connectivity index (χ2v) is 6.65. The second kappa shape index (κ2) is 5.99. The van der Waals surface area contributed by atoms with Crippen LogP contribution >= 0.6 is 0 Å². The maximum Gasteiger partial charge on any atom is 0.406 e. The lowest BCUT2D eigenvalue weighted by molar-refractivity contribution is -0.158. The highest BCUT2D eigenvalue weighted by atomic mass is 19.4. The zero-order valence-corrected chi connectivity index (χ0v) is 13.0. The van der Waals surface area contributed by atoms with Gasteiger partial charge in [0.25, 0.3) is 0 Å². The fourth-order valence-corrected chi connectivity index (χ4v) is 3.51. The summed E-state index contributed by atoms with van der Waals surface area (Å²) in [4.78, 5) is 12.9. The van der Waals surface area contributed by atoms with E-state index >= 15 is 0 Å². The van der Waals surface area contributed by atoms with E-state index in [1.54, 1.807) is 0 Å². The molecule has 1 aliphatic heterocycles. The van der Waals surface area contributed by atoms with Crippen LogP contribution < -0.4 is 5.73 Å². The van der Waals surface area contributed by atoms with Crippen molar-refractivity contribution in [1.82, 2.24) is 19.9 Å². The molecule has 7 nitrogen and oxygen atoms in total. The van der Waals surface area contributed by atoms with Crippen LogP contribution in [0.5, 0.6) is 0 Å². The number of hydrogen-bond acceptors (Lipinski definition) is 5. The molecule has 0 aromatic carbocycles. The summed E-state index contributed by atoms with van der Waals surface area (Å²) in [6.45, 7) is -1.24. The van der Waals surface area contributed by atoms with Gasteiger partial charge >= 0.3 is 6.18 Å². The number of nitrogens with two attached hydrogens (primary N) is 1. The van der Waals surface area contributed by atoms with Gasteiger partial charge in [0.15, 0.2) is 0 Å². The molecule has 24 heavy (non-hydrogen) atoms. The van der Waals surface area contributed by atoms with Crippen molar-refractivity contribution < 1.29 is 23.1 Å². The third kappa shape index (κ3) is 3.39. The Morgan fingerprint density at radius 1 is 1.42 bits per heavy atom. The van der Waals surface area contributed by atoms with Gasteiger partial charge in [-0.1, -0.05) is 5.21 Å². The second-order valence-electron chi connectivity index (χ2n) is 6.65. The summed E-state index contributed by atoms with van der Waals surface area (Å²) in [5.74, 6) is -0.629. The van der Waals surface area contributed by atoms with Crippen LogP contribution in [0.1, 0.15) is 43.8 Å². The van der Waals surface area contributed by atoms with Gasteiger partial charge in [-0.3, -0.25) is 4.79 Å². The molecule has 1 saturated heterocycles. The number of amides is 1. The van der Waals surface area contributed by atoms with Crippen molar-refractivity contribution in [3.8, 4) is 0 Å². The van der Waals surface area contributed by atoms with Crippen LogP contribution in [-0.4, -0.2) is 56.2 Å². The van der Waals surface area contributed by atoms with E-state index < -0.39 is 30.3 Å². The molecule has 3 N–H and O–H groups in total. The molecule has 134 valence electrons. The van der Waals surface area contributed by atoms with Gasteiger partial charge in [-0.25, -0.2) is 4.68 Å². The molecule has 2 aliphatic rings. The largest absolute Gasteiger partial charge is 0.406 e. The first kappa shape index (κ1) is 17.2. The number of alkyl halides is 3. The maximum atomic E-state index is 12.5. The molecule has 10 heteroatoms. The van der Waals surface area contributed by atoms with E-state index in [2.05, 4.69) is 10.3 Å². The van der Waals surface area contributed by atoms with Crippen LogP contribution in [0.25, 0.3) is 0 Å². The lowest BCUT2D eigenvalue weighted by Crippen LogP contribution is -2.39. The monoisotopic (exact) mass is 347 g/mol.